The van der Waals surface area contributed by atoms with Gasteiger partial charge >= 0.3 is 0 Å². The van der Waals surface area contributed by atoms with Crippen LogP contribution in [0.15, 0.2) is 77.7 Å². The molecular weight excluding hydrogens is 534 g/mol. The molecule has 0 radical (unpaired) electrons. The molecule has 3 aromatic carbocycles. The lowest BCUT2D eigenvalue weighted by atomic mass is 10.1. The summed E-state index contributed by atoms with van der Waals surface area (Å²) >= 11 is 6.37. The van der Waals surface area contributed by atoms with E-state index < -0.39 is 28.5 Å². The second-order valence-electron chi connectivity index (χ2n) is 9.43. The summed E-state index contributed by atoms with van der Waals surface area (Å²) in [6.07, 6.45) is 1.12. The molecule has 0 saturated carbocycles. The van der Waals surface area contributed by atoms with Crippen LogP contribution in [0.1, 0.15) is 43.4 Å². The highest BCUT2D eigenvalue weighted by Gasteiger charge is 2.34. The number of carbonyl (C=O) groups excluding carboxylic acids is 2. The molecule has 0 aromatic heterocycles. The third kappa shape index (κ3) is 7.40. The molecule has 7 nitrogen and oxygen atoms in total. The van der Waals surface area contributed by atoms with Crippen LogP contribution >= 0.6 is 11.6 Å². The molecule has 0 aliphatic heterocycles. The first kappa shape index (κ1) is 30.2. The topological polar surface area (TPSA) is 86.8 Å². The summed E-state index contributed by atoms with van der Waals surface area (Å²) in [6.45, 7) is 7.61. The minimum atomic E-state index is -4.14. The van der Waals surface area contributed by atoms with Gasteiger partial charge in [0.15, 0.2) is 0 Å². The van der Waals surface area contributed by atoms with Crippen LogP contribution in [-0.2, 0) is 26.2 Å². The average Bonchev–Trinajstić information content (AvgIpc) is 2.92. The van der Waals surface area contributed by atoms with E-state index in [4.69, 9.17) is 11.6 Å². The van der Waals surface area contributed by atoms with Crippen molar-refractivity contribution >= 4 is 39.1 Å². The van der Waals surface area contributed by atoms with E-state index in [-0.39, 0.29) is 17.3 Å². The molecule has 1 atom stereocenters. The van der Waals surface area contributed by atoms with Gasteiger partial charge in [-0.2, -0.15) is 0 Å². The number of nitrogens with zero attached hydrogens (tertiary/aromatic N) is 2. The number of hydrogen-bond donors (Lipinski definition) is 1. The van der Waals surface area contributed by atoms with E-state index in [9.17, 15) is 18.0 Å². The van der Waals surface area contributed by atoms with Crippen molar-refractivity contribution in [3.8, 4) is 0 Å². The van der Waals surface area contributed by atoms with E-state index in [2.05, 4.69) is 5.32 Å². The first-order valence-corrected chi connectivity index (χ1v) is 14.9. The molecule has 2 amide bonds. The quantitative estimate of drug-likeness (QED) is 0.313. The molecule has 9 heteroatoms. The van der Waals surface area contributed by atoms with Crippen LogP contribution in [0.3, 0.4) is 0 Å². The highest BCUT2D eigenvalue weighted by Crippen LogP contribution is 2.31. The van der Waals surface area contributed by atoms with Crippen LogP contribution < -0.4 is 9.62 Å². The van der Waals surface area contributed by atoms with Crippen molar-refractivity contribution in [1.29, 1.82) is 0 Å². The van der Waals surface area contributed by atoms with Gasteiger partial charge in [0.25, 0.3) is 10.0 Å². The number of anilines is 1. The van der Waals surface area contributed by atoms with Gasteiger partial charge in [0.05, 0.1) is 10.6 Å². The Bertz CT molecular complexity index is 1400. The maximum Gasteiger partial charge on any atom is 0.264 e. The maximum atomic E-state index is 14.1. The van der Waals surface area contributed by atoms with Gasteiger partial charge in [-0.3, -0.25) is 13.9 Å². The van der Waals surface area contributed by atoms with Crippen LogP contribution in [0, 0.1) is 13.8 Å². The van der Waals surface area contributed by atoms with Gasteiger partial charge in [0.2, 0.25) is 11.8 Å². The number of amides is 2. The Morgan fingerprint density at radius 3 is 2.28 bits per heavy atom. The molecule has 0 spiro atoms. The first-order valence-electron chi connectivity index (χ1n) is 13.1. The van der Waals surface area contributed by atoms with Crippen LogP contribution in [0.5, 0.6) is 0 Å². The third-order valence-corrected chi connectivity index (χ3v) is 8.67. The SMILES string of the molecule is CCCNC(=O)C(CC)N(Cc1cccc(C)c1)C(=O)CN(c1cccc(Cl)c1C)S(=O)(=O)c1ccccc1. The lowest BCUT2D eigenvalue weighted by molar-refractivity contribution is -0.140. The molecule has 0 heterocycles. The summed E-state index contributed by atoms with van der Waals surface area (Å²) in [5.74, 6) is -0.759. The summed E-state index contributed by atoms with van der Waals surface area (Å²) < 4.78 is 28.9. The second-order valence-corrected chi connectivity index (χ2v) is 11.7. The van der Waals surface area contributed by atoms with Crippen LogP contribution in [-0.4, -0.2) is 44.3 Å². The van der Waals surface area contributed by atoms with Gasteiger partial charge in [-0.1, -0.05) is 79.5 Å². The molecule has 0 saturated heterocycles. The minimum Gasteiger partial charge on any atom is -0.354 e. The fourth-order valence-electron chi connectivity index (χ4n) is 4.39. The van der Waals surface area contributed by atoms with E-state index in [1.54, 1.807) is 43.3 Å². The summed E-state index contributed by atoms with van der Waals surface area (Å²) in [5, 5.41) is 3.28. The maximum absolute atomic E-state index is 14.1. The van der Waals surface area contributed by atoms with Gasteiger partial charge < -0.3 is 10.2 Å². The smallest absolute Gasteiger partial charge is 0.264 e. The lowest BCUT2D eigenvalue weighted by Gasteiger charge is -2.33. The van der Waals surface area contributed by atoms with Crippen molar-refractivity contribution in [2.75, 3.05) is 17.4 Å². The Hall–Kier alpha value is -3.36. The normalized spacial score (nSPS) is 12.0. The molecule has 0 aliphatic carbocycles. The zero-order valence-electron chi connectivity index (χ0n) is 22.9. The predicted molar refractivity (Wildman–Crippen MR) is 156 cm³/mol. The van der Waals surface area contributed by atoms with Gasteiger partial charge in [-0.25, -0.2) is 8.42 Å². The second kappa shape index (κ2) is 13.6. The van der Waals surface area contributed by atoms with E-state index in [1.807, 2.05) is 45.0 Å². The molecule has 1 N–H and O–H groups in total. The van der Waals surface area contributed by atoms with Crippen molar-refractivity contribution in [3.05, 3.63) is 94.5 Å². The van der Waals surface area contributed by atoms with Gasteiger partial charge in [-0.05, 0) is 62.1 Å². The molecule has 0 fully saturated rings. The zero-order valence-corrected chi connectivity index (χ0v) is 24.4. The summed E-state index contributed by atoms with van der Waals surface area (Å²) in [5.41, 5.74) is 2.70. The van der Waals surface area contributed by atoms with Crippen molar-refractivity contribution in [1.82, 2.24) is 10.2 Å². The Kier molecular flexibility index (Phi) is 10.5. The molecule has 3 aromatic rings. The number of carbonyl (C=O) groups is 2. The van der Waals surface area contributed by atoms with E-state index in [0.29, 0.717) is 29.2 Å². The van der Waals surface area contributed by atoms with E-state index >= 15 is 0 Å². The molecule has 0 aliphatic rings. The van der Waals surface area contributed by atoms with Crippen molar-refractivity contribution in [2.24, 2.45) is 0 Å². The largest absolute Gasteiger partial charge is 0.354 e. The van der Waals surface area contributed by atoms with E-state index in [0.717, 1.165) is 21.9 Å². The van der Waals surface area contributed by atoms with Gasteiger partial charge in [0.1, 0.15) is 12.6 Å². The van der Waals surface area contributed by atoms with Gasteiger partial charge in [-0.15, -0.1) is 0 Å². The first-order chi connectivity index (χ1) is 18.6. The zero-order chi connectivity index (χ0) is 28.6. The Morgan fingerprint density at radius 2 is 1.64 bits per heavy atom. The highest BCUT2D eigenvalue weighted by atomic mass is 35.5. The van der Waals surface area contributed by atoms with Crippen LogP contribution in [0.2, 0.25) is 5.02 Å². The van der Waals surface area contributed by atoms with Crippen LogP contribution in [0.25, 0.3) is 0 Å². The number of nitrogens with one attached hydrogen (secondary N) is 1. The predicted octanol–water partition coefficient (Wildman–Crippen LogP) is 5.49. The number of hydrogen-bond acceptors (Lipinski definition) is 4. The fourth-order valence-corrected chi connectivity index (χ4v) is 6.05. The minimum absolute atomic E-state index is 0.0511. The number of sulfonamides is 1. The van der Waals surface area contributed by atoms with Gasteiger partial charge in [0, 0.05) is 18.1 Å². The average molecular weight is 570 g/mol. The standard InChI is InChI=1S/C30H36ClN3O4S/c1-5-18-32-30(36)27(6-2)33(20-24-13-10-12-22(3)19-24)29(35)21-34(28-17-11-16-26(31)23(28)4)39(37,38)25-14-8-7-9-15-25/h7-17,19,27H,5-6,18,20-21H2,1-4H3,(H,32,36). The van der Waals surface area contributed by atoms with E-state index in [1.165, 1.54) is 17.0 Å². The highest BCUT2D eigenvalue weighted by molar-refractivity contribution is 7.92. The molecule has 0 bridgehead atoms. The van der Waals surface area contributed by atoms with Crippen molar-refractivity contribution in [2.45, 2.75) is 58.0 Å². The third-order valence-electron chi connectivity index (χ3n) is 6.49. The molecular formula is C30H36ClN3O4S. The summed E-state index contributed by atoms with van der Waals surface area (Å²) in [6, 6.07) is 19.9. The fraction of sp³-hybridized carbons (Fsp3) is 0.333. The Balaban J connectivity index is 2.08. The Morgan fingerprint density at radius 1 is 0.949 bits per heavy atom. The molecule has 208 valence electrons. The van der Waals surface area contributed by atoms with Crippen LogP contribution in [0.4, 0.5) is 5.69 Å². The number of rotatable bonds is 12. The number of benzene rings is 3. The molecule has 39 heavy (non-hydrogen) atoms. The lowest BCUT2D eigenvalue weighted by Crippen LogP contribution is -2.52. The van der Waals surface area contributed by atoms with Crippen molar-refractivity contribution < 1.29 is 18.0 Å². The summed E-state index contributed by atoms with van der Waals surface area (Å²) in [4.78, 5) is 28.8. The monoisotopic (exact) mass is 569 g/mol. The molecule has 3 rings (SSSR count). The Labute approximate surface area is 236 Å². The summed E-state index contributed by atoms with van der Waals surface area (Å²) in [7, 11) is -4.14. The molecule has 1 unspecified atom stereocenters. The number of halogens is 1. The van der Waals surface area contributed by atoms with Crippen molar-refractivity contribution in [3.63, 3.8) is 0 Å². The number of aryl methyl sites for hydroxylation is 1.